The van der Waals surface area contributed by atoms with Crippen LogP contribution in [0.3, 0.4) is 0 Å². The van der Waals surface area contributed by atoms with Crippen LogP contribution in [0.4, 0.5) is 41.6 Å². The minimum atomic E-state index is -4.69. The monoisotopic (exact) mass is 2650 g/mol. The van der Waals surface area contributed by atoms with E-state index in [0.717, 1.165) is 141 Å². The minimum absolute atomic E-state index is 0. The van der Waals surface area contributed by atoms with Crippen LogP contribution in [-0.4, -0.2) is 68.6 Å². The van der Waals surface area contributed by atoms with Crippen LogP contribution in [-0.2, 0) is 113 Å². The first kappa shape index (κ1) is 105. The first-order valence-electron chi connectivity index (χ1n) is 41.2. The maximum absolute atomic E-state index is 13.9. The van der Waals surface area contributed by atoms with Crippen LogP contribution in [0, 0.1) is 126 Å². The Bertz CT molecular complexity index is 7010. The Balaban J connectivity index is 0.000000204. The van der Waals surface area contributed by atoms with Gasteiger partial charge in [-0.15, -0.1) is 190 Å². The standard InChI is InChI=1S/C26H22N3.C24H19N4.C22H20F3N4.2C17H13N4.5Ir/c1-17-13-22(14-18(2)24(17)27-5)23-15-19(3)25(20(4)16-23)29-12-11-28-26(29)21-9-7-6-8-10-21;1-16-10-8-9-13-21(16)24-27-26-23(19-11-6-5-7-12-19)28(24)22-17(2)14-20(25-4)15-18(22)3;1-13(2)17-11-16(26-5)12-18(14(3)4)19(17)29-20(15-9-7-6-8-10-15)27-28-21(29)22(23,24)25;1-12-11-15(18-3)9-10-16(12)21-17(19-13(2)20-21)14-7-5-4-6-8-14;1-3-16-19-17(13-8-5-4-6-9-13)21(20-16)15-11-7-10-14(12-15)18-2;;;;;/h6-9,11-16H,1-4H3;5-11,13-15H,1-3H3;6-9,11-14H,1-4H3;4-7,9-11H,1-2H3;4-8,10-12H,3H2,1H3;;;;;/q5*-1;;;;;. The Labute approximate surface area is 842 Å². The number of halogens is 3. The molecule has 0 aliphatic heterocycles. The number of aryl methyl sites for hydroxylation is 10. The van der Waals surface area contributed by atoms with Crippen LogP contribution >= 0.6 is 0 Å². The smallest absolute Gasteiger partial charge is 0.340 e. The van der Waals surface area contributed by atoms with Crippen molar-refractivity contribution in [3.63, 3.8) is 0 Å². The number of hydrogen-bond donors (Lipinski definition) is 0. The number of hydrogen-bond acceptors (Lipinski definition) is 9. The van der Waals surface area contributed by atoms with Gasteiger partial charge in [-0.2, -0.15) is 33.6 Å². The average Bonchev–Trinajstić information content (AvgIpc) is 1.63. The number of imidazole rings is 1. The molecule has 5 aromatic heterocycles. The van der Waals surface area contributed by atoms with E-state index in [2.05, 4.69) is 166 Å². The van der Waals surface area contributed by atoms with Crippen molar-refractivity contribution in [2.45, 2.75) is 121 Å². The maximum atomic E-state index is 13.9. The molecule has 0 saturated carbocycles. The summed E-state index contributed by atoms with van der Waals surface area (Å²) >= 11 is 0. The predicted molar refractivity (Wildman–Crippen MR) is 498 cm³/mol. The third kappa shape index (κ3) is 24.2. The van der Waals surface area contributed by atoms with Crippen molar-refractivity contribution in [2.24, 2.45) is 0 Å². The fourth-order valence-corrected chi connectivity index (χ4v) is 15.1. The van der Waals surface area contributed by atoms with Crippen molar-refractivity contribution < 1.29 is 114 Å². The molecule has 27 heteroatoms. The second-order valence-electron chi connectivity index (χ2n) is 30.9. The van der Waals surface area contributed by atoms with E-state index >= 15 is 0 Å². The average molecular weight is 2650 g/mol. The molecular formula is C106H87F3Ir5N19-5. The Kier molecular flexibility index (Phi) is 37.8. The molecule has 0 N–H and O–H groups in total. The summed E-state index contributed by atoms with van der Waals surface area (Å²) in [4.78, 5) is 31.3. The molecule has 0 atom stereocenters. The van der Waals surface area contributed by atoms with Crippen LogP contribution in [0.2, 0.25) is 0 Å². The normalized spacial score (nSPS) is 10.4. The topological polar surface area (TPSA) is 162 Å². The Morgan fingerprint density at radius 3 is 1.28 bits per heavy atom. The maximum Gasteiger partial charge on any atom is 0.451 e. The van der Waals surface area contributed by atoms with Crippen molar-refractivity contribution in [2.75, 3.05) is 0 Å². The van der Waals surface area contributed by atoms with E-state index in [-0.39, 0.29) is 118 Å². The van der Waals surface area contributed by atoms with Crippen molar-refractivity contribution in [1.29, 1.82) is 0 Å². The van der Waals surface area contributed by atoms with E-state index in [9.17, 15) is 13.2 Å². The minimum Gasteiger partial charge on any atom is -0.340 e. The van der Waals surface area contributed by atoms with Crippen LogP contribution in [0.15, 0.2) is 249 Å². The Morgan fingerprint density at radius 1 is 0.376 bits per heavy atom. The van der Waals surface area contributed by atoms with E-state index in [1.807, 2.05) is 245 Å². The van der Waals surface area contributed by atoms with E-state index in [0.29, 0.717) is 51.0 Å². The van der Waals surface area contributed by atoms with Crippen LogP contribution in [0.5, 0.6) is 0 Å². The molecular weight excluding hydrogens is 2560 g/mol. The van der Waals surface area contributed by atoms with E-state index < -0.39 is 12.0 Å². The Morgan fingerprint density at radius 2 is 0.812 bits per heavy atom. The largest absolute Gasteiger partial charge is 0.451 e. The van der Waals surface area contributed by atoms with Crippen LogP contribution in [0.1, 0.15) is 120 Å². The summed E-state index contributed by atoms with van der Waals surface area (Å²) in [5, 5.41) is 25.5. The number of rotatable bonds is 15. The van der Waals surface area contributed by atoms with Gasteiger partial charge in [0.2, 0.25) is 5.82 Å². The molecule has 17 rings (SSSR count). The first-order valence-corrected chi connectivity index (χ1v) is 41.2. The Hall–Kier alpha value is -13.1. The van der Waals surface area contributed by atoms with Gasteiger partial charge in [0.05, 0.1) is 67.7 Å². The third-order valence-electron chi connectivity index (χ3n) is 21.0. The summed E-state index contributed by atoms with van der Waals surface area (Å²) in [6.07, 6.45) is -0.0981. The molecule has 17 aromatic rings. The summed E-state index contributed by atoms with van der Waals surface area (Å²) in [6.45, 7) is 64.2. The second-order valence-corrected chi connectivity index (χ2v) is 30.9. The molecule has 0 bridgehead atoms. The van der Waals surface area contributed by atoms with Crippen molar-refractivity contribution in [3.8, 4) is 108 Å². The van der Waals surface area contributed by atoms with Gasteiger partial charge in [0.15, 0.2) is 34.3 Å². The van der Waals surface area contributed by atoms with Gasteiger partial charge in [-0.25, -0.2) is 24.2 Å². The first-order chi connectivity index (χ1) is 61.7. The SMILES string of the molecule is [C-]#[N+]c1c(C)cc(-c2cc(C)c(-n3ccnc3-c3[c-]cccc3)c(C)c2)cc1C.[C-]#[N+]c1cc(C(C)C)c(-n2c(-c3[c-]cccc3)nnc2C(F)(F)F)c(C(C)C)c1.[C-]#[N+]c1cc(C)c(-n2c(-c3[c-]cccc3)nnc2-c2ccccc2C)c(C)c1.[C-]#[N+]c1ccc(-n2nc(C)nc2-c2[c-]cccc2)c(C)c1.[C-]#[N+]c1cccc(-n2nc(CC)nc2-c2[c-]cccc2)c1.[Ir].[Ir].[Ir].[Ir].[Ir]. The van der Waals surface area contributed by atoms with Crippen LogP contribution < -0.4 is 0 Å². The van der Waals surface area contributed by atoms with Crippen molar-refractivity contribution >= 4 is 28.4 Å². The molecule has 12 aromatic carbocycles. The predicted octanol–water partition coefficient (Wildman–Crippen LogP) is 27.0. The zero-order chi connectivity index (χ0) is 91.0. The summed E-state index contributed by atoms with van der Waals surface area (Å²) in [5.41, 5.74) is 24.5. The van der Waals surface area contributed by atoms with Gasteiger partial charge in [-0.1, -0.05) is 120 Å². The zero-order valence-electron chi connectivity index (χ0n) is 74.8. The van der Waals surface area contributed by atoms with Gasteiger partial charge in [-0.05, 0) is 171 Å². The number of alkyl halides is 3. The molecule has 0 unspecified atom stereocenters. The third-order valence-corrected chi connectivity index (χ3v) is 21.0. The molecule has 5 radical (unpaired) electrons. The van der Waals surface area contributed by atoms with Crippen molar-refractivity contribution in [1.82, 2.24) is 68.6 Å². The van der Waals surface area contributed by atoms with E-state index in [4.69, 9.17) is 32.9 Å². The molecule has 0 saturated heterocycles. The molecule has 133 heavy (non-hydrogen) atoms. The fraction of sp³-hybridized carbons (Fsp3) is 0.170. The van der Waals surface area contributed by atoms with Gasteiger partial charge in [0.1, 0.15) is 11.6 Å². The van der Waals surface area contributed by atoms with Crippen molar-refractivity contribution in [3.05, 3.63) is 410 Å². The molecule has 0 amide bonds. The molecule has 0 fully saturated rings. The molecule has 0 aliphatic rings. The summed E-state index contributed by atoms with van der Waals surface area (Å²) in [6, 6.07) is 90.5. The second kappa shape index (κ2) is 47.8. The summed E-state index contributed by atoms with van der Waals surface area (Å²) in [5.74, 6) is 4.14. The molecule has 0 aliphatic carbocycles. The molecule has 0 spiro atoms. The van der Waals surface area contributed by atoms with Gasteiger partial charge in [-0.3, -0.25) is 24.3 Å². The van der Waals surface area contributed by atoms with E-state index in [1.54, 1.807) is 53.2 Å². The van der Waals surface area contributed by atoms with Gasteiger partial charge < -0.3 is 13.7 Å². The molecule has 677 valence electrons. The number of nitrogens with zero attached hydrogens (tertiary/aromatic N) is 19. The van der Waals surface area contributed by atoms with Crippen LogP contribution in [0.25, 0.3) is 132 Å². The van der Waals surface area contributed by atoms with Gasteiger partial charge in [0.25, 0.3) is 0 Å². The fourth-order valence-electron chi connectivity index (χ4n) is 15.1. The van der Waals surface area contributed by atoms with E-state index in [1.165, 1.54) is 16.7 Å². The summed E-state index contributed by atoms with van der Waals surface area (Å²) in [7, 11) is 0. The number of benzene rings is 12. The zero-order valence-corrected chi connectivity index (χ0v) is 86.8. The van der Waals surface area contributed by atoms with Gasteiger partial charge >= 0.3 is 6.18 Å². The van der Waals surface area contributed by atoms with Gasteiger partial charge in [0, 0.05) is 148 Å². The number of aromatic nitrogens is 14. The molecule has 19 nitrogen and oxygen atoms in total. The molecule has 5 heterocycles. The summed E-state index contributed by atoms with van der Waals surface area (Å²) < 4.78 is 50.6. The quantitative estimate of drug-likeness (QED) is 0.0909.